The molecule has 4 nitrogen and oxygen atoms in total. The van der Waals surface area contributed by atoms with Gasteiger partial charge in [0.15, 0.2) is 0 Å². The van der Waals surface area contributed by atoms with Gasteiger partial charge in [0.1, 0.15) is 5.78 Å². The van der Waals surface area contributed by atoms with Crippen molar-refractivity contribution >= 4 is 23.4 Å². The average molecular weight is 520 g/mol. The number of Topliss-reactive ketones (excluding diaryl/α,β-unsaturated/α-hetero) is 1. The van der Waals surface area contributed by atoms with Gasteiger partial charge in [-0.2, -0.15) is 0 Å². The lowest BCUT2D eigenvalue weighted by molar-refractivity contribution is -0.119. The van der Waals surface area contributed by atoms with Crippen LogP contribution in [0.15, 0.2) is 59.0 Å². The van der Waals surface area contributed by atoms with Gasteiger partial charge in [-0.25, -0.2) is 0 Å². The van der Waals surface area contributed by atoms with Gasteiger partial charge in [-0.3, -0.25) is 4.79 Å². The summed E-state index contributed by atoms with van der Waals surface area (Å²) in [5, 5.41) is 13.4. The molecule has 5 rings (SSSR count). The Morgan fingerprint density at radius 2 is 2.03 bits per heavy atom. The van der Waals surface area contributed by atoms with Crippen LogP contribution in [-0.4, -0.2) is 35.3 Å². The van der Waals surface area contributed by atoms with E-state index in [0.29, 0.717) is 54.6 Å². The highest BCUT2D eigenvalue weighted by atomic mass is 32.1. The van der Waals surface area contributed by atoms with Crippen molar-refractivity contribution in [3.05, 3.63) is 59.0 Å². The number of carbonyl (C=O) groups excluding carboxylic acids is 1. The fourth-order valence-corrected chi connectivity index (χ4v) is 7.25. The lowest BCUT2D eigenvalue weighted by atomic mass is 9.78. The molecule has 0 spiro atoms. The van der Waals surface area contributed by atoms with Crippen LogP contribution in [0.25, 0.3) is 0 Å². The minimum absolute atomic E-state index is 0.331. The number of nitrogens with one attached hydrogen (secondary N) is 3. The molecule has 5 unspecified atom stereocenters. The fraction of sp³-hybridized carbons (Fsp3) is 0.625. The Morgan fingerprint density at radius 3 is 2.92 bits per heavy atom. The first-order chi connectivity index (χ1) is 18.1. The second-order valence-corrected chi connectivity index (χ2v) is 12.1. The number of rotatable bonds is 12. The highest BCUT2D eigenvalue weighted by Gasteiger charge is 2.35. The molecule has 5 aliphatic rings. The zero-order valence-corrected chi connectivity index (χ0v) is 23.3. The van der Waals surface area contributed by atoms with E-state index in [0.717, 1.165) is 25.7 Å². The summed E-state index contributed by atoms with van der Waals surface area (Å²) in [4.78, 5) is 12.7. The van der Waals surface area contributed by atoms with E-state index >= 15 is 0 Å². The number of ketones is 1. The van der Waals surface area contributed by atoms with Crippen LogP contribution in [0.4, 0.5) is 0 Å². The molecule has 2 aliphatic heterocycles. The summed E-state index contributed by atoms with van der Waals surface area (Å²) in [6, 6.07) is 1.75. The quantitative estimate of drug-likeness (QED) is 0.262. The van der Waals surface area contributed by atoms with E-state index < -0.39 is 0 Å². The maximum absolute atomic E-state index is 12.7. The molecule has 0 radical (unpaired) electrons. The molecule has 0 aromatic carbocycles. The largest absolute Gasteiger partial charge is 0.384 e. The molecular formula is C32H45N3OS. The molecule has 3 aliphatic carbocycles. The molecule has 6 atom stereocenters. The normalized spacial score (nSPS) is 29.8. The molecule has 1 fully saturated rings. The van der Waals surface area contributed by atoms with Crippen LogP contribution >= 0.6 is 12.2 Å². The summed E-state index contributed by atoms with van der Waals surface area (Å²) in [6.45, 7) is 2.34. The zero-order valence-electron chi connectivity index (χ0n) is 22.5. The summed E-state index contributed by atoms with van der Waals surface area (Å²) < 4.78 is 0. The number of hydrogen-bond donors (Lipinski definition) is 3. The summed E-state index contributed by atoms with van der Waals surface area (Å²) >= 11 is 5.35. The van der Waals surface area contributed by atoms with Crippen molar-refractivity contribution in [2.75, 3.05) is 0 Å². The highest BCUT2D eigenvalue weighted by Crippen LogP contribution is 2.38. The van der Waals surface area contributed by atoms with Crippen molar-refractivity contribution in [3.8, 4) is 0 Å². The van der Waals surface area contributed by atoms with E-state index in [1.807, 2.05) is 5.37 Å². The van der Waals surface area contributed by atoms with Crippen LogP contribution in [0.1, 0.15) is 90.4 Å². The third-order valence-electron chi connectivity index (χ3n) is 9.26. The molecule has 2 heterocycles. The summed E-state index contributed by atoms with van der Waals surface area (Å²) in [6.07, 6.45) is 27.2. The van der Waals surface area contributed by atoms with E-state index in [2.05, 4.69) is 59.5 Å². The van der Waals surface area contributed by atoms with Crippen molar-refractivity contribution < 1.29 is 4.79 Å². The summed E-state index contributed by atoms with van der Waals surface area (Å²) in [7, 11) is 0. The molecule has 0 amide bonds. The second kappa shape index (κ2) is 12.7. The number of fused-ring (bicyclic) bond motifs is 3. The fourth-order valence-electron chi connectivity index (χ4n) is 7.04. The van der Waals surface area contributed by atoms with Crippen LogP contribution in [0.5, 0.6) is 0 Å². The van der Waals surface area contributed by atoms with E-state index in [-0.39, 0.29) is 0 Å². The lowest BCUT2D eigenvalue weighted by Gasteiger charge is -2.43. The van der Waals surface area contributed by atoms with Gasteiger partial charge in [0.25, 0.3) is 0 Å². The van der Waals surface area contributed by atoms with Crippen LogP contribution in [0, 0.1) is 11.8 Å². The zero-order chi connectivity index (χ0) is 25.6. The molecule has 5 heteroatoms. The average Bonchev–Trinajstić information content (AvgIpc) is 3.34. The molecule has 1 saturated carbocycles. The van der Waals surface area contributed by atoms with Crippen molar-refractivity contribution in [2.24, 2.45) is 11.8 Å². The Balaban J connectivity index is 1.14. The van der Waals surface area contributed by atoms with Crippen molar-refractivity contribution in [2.45, 2.75) is 115 Å². The standard InChI is InChI=1S/C32H45N3OS/c1-22(9-8-10-24(36)18-17-23-21-33-29-14-5-2-11-25(23)29)28(19-20-37)35-32-26-12-3-6-15-30(26)34-31-16-7-4-13-27(31)32/h2,5,11-12,14,20-22,25,28-31,33-35H,3-4,6-10,13,15-19H2,1H3/t22?,25?,28-,29?,30?,31?/m0/s1. The molecule has 0 bridgehead atoms. The van der Waals surface area contributed by atoms with Gasteiger partial charge in [-0.05, 0) is 98.4 Å². The molecule has 0 aromatic heterocycles. The van der Waals surface area contributed by atoms with E-state index in [1.54, 1.807) is 5.57 Å². The molecule has 0 aromatic rings. The third-order valence-corrected chi connectivity index (χ3v) is 9.45. The number of carbonyl (C=O) groups is 1. The highest BCUT2D eigenvalue weighted by molar-refractivity contribution is 7.78. The topological polar surface area (TPSA) is 53.2 Å². The molecule has 3 N–H and O–H groups in total. The Labute approximate surface area is 229 Å². The van der Waals surface area contributed by atoms with Gasteiger partial charge in [0, 0.05) is 42.6 Å². The van der Waals surface area contributed by atoms with E-state index in [1.165, 1.54) is 61.8 Å². The van der Waals surface area contributed by atoms with Gasteiger partial charge in [-0.1, -0.05) is 55.9 Å². The molecular weight excluding hydrogens is 474 g/mol. The Bertz CT molecular complexity index is 1010. The summed E-state index contributed by atoms with van der Waals surface area (Å²) in [5.41, 5.74) is 5.93. The minimum atomic E-state index is 0.331. The van der Waals surface area contributed by atoms with Crippen molar-refractivity contribution in [1.29, 1.82) is 0 Å². The van der Waals surface area contributed by atoms with E-state index in [4.69, 9.17) is 12.2 Å². The molecule has 0 saturated heterocycles. The van der Waals surface area contributed by atoms with Crippen LogP contribution in [0.2, 0.25) is 0 Å². The number of thiocarbonyl (C=S) groups is 1. The third kappa shape index (κ3) is 6.37. The van der Waals surface area contributed by atoms with Gasteiger partial charge in [-0.15, -0.1) is 0 Å². The van der Waals surface area contributed by atoms with Gasteiger partial charge in [0.05, 0.1) is 6.04 Å². The first-order valence-corrected chi connectivity index (χ1v) is 15.3. The molecule has 200 valence electrons. The lowest BCUT2D eigenvalue weighted by Crippen LogP contribution is -2.51. The van der Waals surface area contributed by atoms with Crippen LogP contribution in [-0.2, 0) is 4.79 Å². The first kappa shape index (κ1) is 26.6. The number of allylic oxidation sites excluding steroid dienone is 3. The second-order valence-electron chi connectivity index (χ2n) is 11.8. The van der Waals surface area contributed by atoms with Gasteiger partial charge >= 0.3 is 0 Å². The van der Waals surface area contributed by atoms with Gasteiger partial charge in [0.2, 0.25) is 0 Å². The minimum Gasteiger partial charge on any atom is -0.384 e. The Morgan fingerprint density at radius 1 is 1.16 bits per heavy atom. The van der Waals surface area contributed by atoms with Gasteiger partial charge < -0.3 is 16.0 Å². The smallest absolute Gasteiger partial charge is 0.133 e. The number of hydrogen-bond acceptors (Lipinski definition) is 5. The predicted octanol–water partition coefficient (Wildman–Crippen LogP) is 6.37. The van der Waals surface area contributed by atoms with Crippen LogP contribution < -0.4 is 16.0 Å². The summed E-state index contributed by atoms with van der Waals surface area (Å²) in [5.74, 6) is 1.29. The van der Waals surface area contributed by atoms with Crippen LogP contribution in [0.3, 0.4) is 0 Å². The maximum Gasteiger partial charge on any atom is 0.133 e. The molecule has 37 heavy (non-hydrogen) atoms. The Kier molecular flexibility index (Phi) is 9.15. The van der Waals surface area contributed by atoms with Crippen molar-refractivity contribution in [3.63, 3.8) is 0 Å². The predicted molar refractivity (Wildman–Crippen MR) is 157 cm³/mol. The SMILES string of the molecule is CC(CCCC(=O)CCC1=CNC2C=CC=CC12)[C@H](CC=S)NC1=C2CCCCC2NC2CCCC=C12. The van der Waals surface area contributed by atoms with E-state index in [9.17, 15) is 4.79 Å². The van der Waals surface area contributed by atoms with Crippen molar-refractivity contribution in [1.82, 2.24) is 16.0 Å². The Hall–Kier alpha value is -1.98. The maximum atomic E-state index is 12.7. The monoisotopic (exact) mass is 519 g/mol. The first-order valence-electron chi connectivity index (χ1n) is 14.9.